The largest absolute Gasteiger partial charge is 0.378 e. The zero-order valence-electron chi connectivity index (χ0n) is 16.4. The van der Waals surface area contributed by atoms with E-state index in [0.29, 0.717) is 54.7 Å². The Hall–Kier alpha value is -3.66. The number of aromatic nitrogens is 5. The summed E-state index contributed by atoms with van der Waals surface area (Å²) in [6.45, 7) is 2.44. The maximum atomic E-state index is 13.9. The Morgan fingerprint density at radius 3 is 2.55 bits per heavy atom. The van der Waals surface area contributed by atoms with Crippen LogP contribution in [0.25, 0.3) is 16.9 Å². The summed E-state index contributed by atoms with van der Waals surface area (Å²) in [6.07, 6.45) is 0.541. The zero-order valence-corrected chi connectivity index (χ0v) is 16.4. The van der Waals surface area contributed by atoms with Gasteiger partial charge in [0.25, 0.3) is 6.43 Å². The van der Waals surface area contributed by atoms with Crippen molar-refractivity contribution in [3.05, 3.63) is 60.7 Å². The van der Waals surface area contributed by atoms with Gasteiger partial charge in [0.05, 0.1) is 36.1 Å². The number of rotatable bonds is 5. The maximum absolute atomic E-state index is 13.9. The van der Waals surface area contributed by atoms with Crippen molar-refractivity contribution in [3.8, 4) is 5.82 Å². The molecule has 158 valence electrons. The molecule has 1 aliphatic rings. The Morgan fingerprint density at radius 2 is 1.77 bits per heavy atom. The molecule has 1 saturated heterocycles. The number of nitrogens with zero attached hydrogens (tertiary/aromatic N) is 6. The van der Waals surface area contributed by atoms with Crippen LogP contribution in [0, 0.1) is 0 Å². The van der Waals surface area contributed by atoms with Crippen LogP contribution in [0.1, 0.15) is 12.2 Å². The molecule has 10 heteroatoms. The summed E-state index contributed by atoms with van der Waals surface area (Å²) in [4.78, 5) is 19.4. The molecule has 1 aromatic carbocycles. The van der Waals surface area contributed by atoms with E-state index in [1.807, 2.05) is 11.0 Å². The van der Waals surface area contributed by atoms with E-state index in [1.165, 1.54) is 4.57 Å². The number of pyridine rings is 1. The van der Waals surface area contributed by atoms with Crippen LogP contribution in [0.4, 0.5) is 26.2 Å². The fourth-order valence-corrected chi connectivity index (χ4v) is 3.54. The van der Waals surface area contributed by atoms with Crippen molar-refractivity contribution >= 4 is 28.5 Å². The van der Waals surface area contributed by atoms with Crippen LogP contribution < -0.4 is 10.2 Å². The van der Waals surface area contributed by atoms with E-state index in [4.69, 9.17) is 4.74 Å². The fourth-order valence-electron chi connectivity index (χ4n) is 3.54. The topological polar surface area (TPSA) is 81.0 Å². The van der Waals surface area contributed by atoms with Gasteiger partial charge in [-0.3, -0.25) is 9.55 Å². The van der Waals surface area contributed by atoms with Crippen LogP contribution in [0.5, 0.6) is 0 Å². The van der Waals surface area contributed by atoms with Crippen molar-refractivity contribution < 1.29 is 13.5 Å². The van der Waals surface area contributed by atoms with Gasteiger partial charge in [0.2, 0.25) is 5.95 Å². The molecule has 0 spiro atoms. The van der Waals surface area contributed by atoms with Crippen LogP contribution in [-0.4, -0.2) is 50.8 Å². The van der Waals surface area contributed by atoms with Crippen LogP contribution in [0.2, 0.25) is 0 Å². The van der Waals surface area contributed by atoms with Crippen molar-refractivity contribution in [2.24, 2.45) is 0 Å². The number of ether oxygens (including phenoxy) is 1. The Morgan fingerprint density at radius 1 is 0.968 bits per heavy atom. The molecule has 3 aromatic heterocycles. The van der Waals surface area contributed by atoms with E-state index in [-0.39, 0.29) is 11.8 Å². The Kier molecular flexibility index (Phi) is 5.13. The second-order valence-electron chi connectivity index (χ2n) is 6.97. The predicted molar refractivity (Wildman–Crippen MR) is 112 cm³/mol. The Labute approximate surface area is 176 Å². The predicted octanol–water partition coefficient (Wildman–Crippen LogP) is 3.73. The first-order valence-corrected chi connectivity index (χ1v) is 9.84. The molecule has 0 radical (unpaired) electrons. The monoisotopic (exact) mass is 423 g/mol. The SMILES string of the molecule is FC(F)c1nc2ccccc2n1-c1cc(N2CCOCC2)nc(Nc2cccnc2)n1. The average Bonchev–Trinajstić information content (AvgIpc) is 3.20. The minimum absolute atomic E-state index is 0.282. The molecule has 0 atom stereocenters. The maximum Gasteiger partial charge on any atom is 0.296 e. The molecule has 0 saturated carbocycles. The highest BCUT2D eigenvalue weighted by Crippen LogP contribution is 2.29. The van der Waals surface area contributed by atoms with Gasteiger partial charge in [0.1, 0.15) is 11.6 Å². The summed E-state index contributed by atoms with van der Waals surface area (Å²) in [5.41, 5.74) is 1.72. The van der Waals surface area contributed by atoms with Gasteiger partial charge < -0.3 is 15.0 Å². The number of alkyl halides is 2. The van der Waals surface area contributed by atoms with Gasteiger partial charge in [-0.25, -0.2) is 13.8 Å². The summed E-state index contributed by atoms with van der Waals surface area (Å²) >= 11 is 0. The Bertz CT molecular complexity index is 1190. The number of hydrogen-bond acceptors (Lipinski definition) is 7. The van der Waals surface area contributed by atoms with E-state index in [0.717, 1.165) is 0 Å². The van der Waals surface area contributed by atoms with Crippen LogP contribution in [-0.2, 0) is 4.74 Å². The molecule has 0 bridgehead atoms. The van der Waals surface area contributed by atoms with E-state index in [2.05, 4.69) is 25.3 Å². The van der Waals surface area contributed by atoms with Gasteiger partial charge in [-0.1, -0.05) is 12.1 Å². The second-order valence-corrected chi connectivity index (χ2v) is 6.97. The third kappa shape index (κ3) is 3.89. The highest BCUT2D eigenvalue weighted by atomic mass is 19.3. The third-order valence-electron chi connectivity index (χ3n) is 4.96. The summed E-state index contributed by atoms with van der Waals surface area (Å²) in [6, 6.07) is 12.3. The molecule has 0 unspecified atom stereocenters. The summed E-state index contributed by atoms with van der Waals surface area (Å²) in [5.74, 6) is 0.856. The van der Waals surface area contributed by atoms with E-state index in [1.54, 1.807) is 48.8 Å². The molecule has 8 nitrogen and oxygen atoms in total. The highest BCUT2D eigenvalue weighted by Gasteiger charge is 2.23. The first-order chi connectivity index (χ1) is 15.2. The van der Waals surface area contributed by atoms with Gasteiger partial charge in [-0.2, -0.15) is 9.97 Å². The first-order valence-electron chi connectivity index (χ1n) is 9.84. The normalized spacial score (nSPS) is 14.4. The lowest BCUT2D eigenvalue weighted by molar-refractivity contribution is 0.122. The average molecular weight is 423 g/mol. The lowest BCUT2D eigenvalue weighted by Gasteiger charge is -2.28. The minimum Gasteiger partial charge on any atom is -0.378 e. The molecule has 1 N–H and O–H groups in total. The van der Waals surface area contributed by atoms with E-state index >= 15 is 0 Å². The number of para-hydroxylation sites is 2. The molecule has 31 heavy (non-hydrogen) atoms. The first kappa shape index (κ1) is 19.3. The molecule has 5 rings (SSSR count). The smallest absolute Gasteiger partial charge is 0.296 e. The minimum atomic E-state index is -2.76. The number of nitrogens with one attached hydrogen (secondary N) is 1. The summed E-state index contributed by atoms with van der Waals surface area (Å²) in [7, 11) is 0. The highest BCUT2D eigenvalue weighted by molar-refractivity contribution is 5.78. The molecule has 4 aromatic rings. The van der Waals surface area contributed by atoms with Gasteiger partial charge >= 0.3 is 0 Å². The number of imidazole rings is 1. The number of halogens is 2. The van der Waals surface area contributed by atoms with Crippen molar-refractivity contribution in [3.63, 3.8) is 0 Å². The molecule has 1 aliphatic heterocycles. The molecule has 4 heterocycles. The third-order valence-corrected chi connectivity index (χ3v) is 4.96. The quantitative estimate of drug-likeness (QED) is 0.524. The van der Waals surface area contributed by atoms with Gasteiger partial charge in [-0.05, 0) is 24.3 Å². The van der Waals surface area contributed by atoms with Crippen molar-refractivity contribution in [2.45, 2.75) is 6.43 Å². The second kappa shape index (κ2) is 8.23. The molecule has 0 aliphatic carbocycles. The van der Waals surface area contributed by atoms with Gasteiger partial charge in [-0.15, -0.1) is 0 Å². The van der Waals surface area contributed by atoms with E-state index < -0.39 is 6.43 Å². The Balaban J connectivity index is 1.66. The standard InChI is InChI=1S/C21H19F2N7O/c22-19(23)20-26-15-5-1-2-6-16(15)30(20)18-12-17(29-8-10-31-11-9-29)27-21(28-18)25-14-4-3-7-24-13-14/h1-7,12-13,19H,8-11H2,(H,25,27,28). The summed E-state index contributed by atoms with van der Waals surface area (Å²) < 4.78 is 34.6. The molecular weight excluding hydrogens is 404 g/mol. The number of hydrogen-bond donors (Lipinski definition) is 1. The van der Waals surface area contributed by atoms with Crippen molar-refractivity contribution in [2.75, 3.05) is 36.5 Å². The summed E-state index contributed by atoms with van der Waals surface area (Å²) in [5, 5.41) is 3.12. The number of anilines is 3. The molecule has 0 amide bonds. The van der Waals surface area contributed by atoms with Crippen molar-refractivity contribution in [1.82, 2.24) is 24.5 Å². The lowest BCUT2D eigenvalue weighted by atomic mass is 10.3. The van der Waals surface area contributed by atoms with Crippen LogP contribution >= 0.6 is 0 Å². The van der Waals surface area contributed by atoms with Gasteiger partial charge in [0.15, 0.2) is 5.82 Å². The van der Waals surface area contributed by atoms with Crippen LogP contribution in [0.15, 0.2) is 54.9 Å². The zero-order chi connectivity index (χ0) is 21.2. The number of fused-ring (bicyclic) bond motifs is 1. The molecule has 1 fully saturated rings. The van der Waals surface area contributed by atoms with E-state index in [9.17, 15) is 8.78 Å². The fraction of sp³-hybridized carbons (Fsp3) is 0.238. The van der Waals surface area contributed by atoms with Crippen molar-refractivity contribution in [1.29, 1.82) is 0 Å². The number of morpholine rings is 1. The van der Waals surface area contributed by atoms with Crippen LogP contribution in [0.3, 0.4) is 0 Å². The van der Waals surface area contributed by atoms with Gasteiger partial charge in [0, 0.05) is 25.4 Å². The molecular formula is C21H19F2N7O. The lowest BCUT2D eigenvalue weighted by Crippen LogP contribution is -2.37. The number of benzene rings is 1.